The zero-order valence-electron chi connectivity index (χ0n) is 13.5. The molecule has 5 nitrogen and oxygen atoms in total. The average molecular weight is 411 g/mol. The molecule has 1 N–H and O–H groups in total. The first-order valence-electron chi connectivity index (χ1n) is 7.33. The minimum atomic E-state index is -3.69. The topological polar surface area (TPSA) is 66.5 Å². The summed E-state index contributed by atoms with van der Waals surface area (Å²) < 4.78 is 26.7. The van der Waals surface area contributed by atoms with E-state index in [1.54, 1.807) is 12.1 Å². The Morgan fingerprint density at radius 1 is 1.08 bits per heavy atom. The fourth-order valence-corrected chi connectivity index (χ4v) is 3.43. The van der Waals surface area contributed by atoms with Gasteiger partial charge in [0.2, 0.25) is 15.9 Å². The van der Waals surface area contributed by atoms with Crippen molar-refractivity contribution in [3.05, 3.63) is 64.1 Å². The molecular formula is C17H19BrN2O3S. The SMILES string of the molecule is Cc1ccc(CNC(=O)CN(C)S(=O)(=O)c2ccc(Br)cc2)cc1. The predicted molar refractivity (Wildman–Crippen MR) is 97.0 cm³/mol. The van der Waals surface area contributed by atoms with Crippen LogP contribution in [0.5, 0.6) is 0 Å². The van der Waals surface area contributed by atoms with Gasteiger partial charge in [0.25, 0.3) is 0 Å². The number of benzene rings is 2. The van der Waals surface area contributed by atoms with E-state index in [1.165, 1.54) is 19.2 Å². The Bertz CT molecular complexity index is 803. The van der Waals surface area contributed by atoms with Gasteiger partial charge in [-0.25, -0.2) is 8.42 Å². The summed E-state index contributed by atoms with van der Waals surface area (Å²) >= 11 is 3.26. The lowest BCUT2D eigenvalue weighted by atomic mass is 10.1. The summed E-state index contributed by atoms with van der Waals surface area (Å²) in [5, 5.41) is 2.73. The molecule has 0 aliphatic rings. The fraction of sp³-hybridized carbons (Fsp3) is 0.235. The van der Waals surface area contributed by atoms with E-state index in [0.29, 0.717) is 6.54 Å². The molecular weight excluding hydrogens is 392 g/mol. The lowest BCUT2D eigenvalue weighted by molar-refractivity contribution is -0.121. The maximum Gasteiger partial charge on any atom is 0.243 e. The molecule has 128 valence electrons. The van der Waals surface area contributed by atoms with Crippen LogP contribution in [0.15, 0.2) is 57.9 Å². The lowest BCUT2D eigenvalue weighted by Crippen LogP contribution is -2.38. The Morgan fingerprint density at radius 2 is 1.67 bits per heavy atom. The third-order valence-electron chi connectivity index (χ3n) is 3.50. The first-order valence-corrected chi connectivity index (χ1v) is 9.56. The normalized spacial score (nSPS) is 11.5. The highest BCUT2D eigenvalue weighted by molar-refractivity contribution is 9.10. The summed E-state index contributed by atoms with van der Waals surface area (Å²) in [5.74, 6) is -0.348. The lowest BCUT2D eigenvalue weighted by Gasteiger charge is -2.17. The molecule has 0 aromatic heterocycles. The Balaban J connectivity index is 1.95. The smallest absolute Gasteiger partial charge is 0.243 e. The Hall–Kier alpha value is -1.70. The van der Waals surface area contributed by atoms with Crippen molar-refractivity contribution < 1.29 is 13.2 Å². The van der Waals surface area contributed by atoms with Gasteiger partial charge in [-0.1, -0.05) is 45.8 Å². The molecule has 2 aromatic rings. The third-order valence-corrected chi connectivity index (χ3v) is 5.84. The van der Waals surface area contributed by atoms with E-state index in [9.17, 15) is 13.2 Å². The number of sulfonamides is 1. The molecule has 2 rings (SSSR count). The monoisotopic (exact) mass is 410 g/mol. The van der Waals surface area contributed by atoms with E-state index in [0.717, 1.165) is 19.9 Å². The molecule has 0 saturated heterocycles. The van der Waals surface area contributed by atoms with Crippen LogP contribution in [0.4, 0.5) is 0 Å². The number of nitrogens with zero attached hydrogens (tertiary/aromatic N) is 1. The molecule has 0 radical (unpaired) electrons. The van der Waals surface area contributed by atoms with Crippen molar-refractivity contribution in [2.24, 2.45) is 0 Å². The van der Waals surface area contributed by atoms with E-state index in [1.807, 2.05) is 31.2 Å². The highest BCUT2D eigenvalue weighted by Crippen LogP contribution is 2.17. The van der Waals surface area contributed by atoms with E-state index < -0.39 is 10.0 Å². The second-order valence-corrected chi connectivity index (χ2v) is 8.44. The van der Waals surface area contributed by atoms with E-state index in [2.05, 4.69) is 21.2 Å². The number of aryl methyl sites for hydroxylation is 1. The number of amides is 1. The highest BCUT2D eigenvalue weighted by Gasteiger charge is 2.22. The number of carbonyl (C=O) groups is 1. The van der Waals surface area contributed by atoms with Gasteiger partial charge in [-0.05, 0) is 36.8 Å². The molecule has 0 atom stereocenters. The van der Waals surface area contributed by atoms with E-state index in [4.69, 9.17) is 0 Å². The molecule has 0 heterocycles. The van der Waals surface area contributed by atoms with Gasteiger partial charge in [-0.15, -0.1) is 0 Å². The van der Waals surface area contributed by atoms with Crippen molar-refractivity contribution in [1.29, 1.82) is 0 Å². The van der Waals surface area contributed by atoms with Gasteiger partial charge in [0.1, 0.15) is 0 Å². The van der Waals surface area contributed by atoms with Crippen LogP contribution < -0.4 is 5.32 Å². The molecule has 0 fully saturated rings. The number of carbonyl (C=O) groups excluding carboxylic acids is 1. The Labute approximate surface area is 150 Å². The molecule has 0 aliphatic heterocycles. The van der Waals surface area contributed by atoms with Gasteiger partial charge < -0.3 is 5.32 Å². The van der Waals surface area contributed by atoms with Gasteiger partial charge >= 0.3 is 0 Å². The van der Waals surface area contributed by atoms with Gasteiger partial charge in [0, 0.05) is 18.1 Å². The Morgan fingerprint density at radius 3 is 2.25 bits per heavy atom. The number of nitrogens with one attached hydrogen (secondary N) is 1. The van der Waals surface area contributed by atoms with Gasteiger partial charge in [0.05, 0.1) is 11.4 Å². The largest absolute Gasteiger partial charge is 0.351 e. The summed E-state index contributed by atoms with van der Waals surface area (Å²) in [6.07, 6.45) is 0. The number of hydrogen-bond acceptors (Lipinski definition) is 3. The maximum atomic E-state index is 12.4. The number of rotatable bonds is 6. The van der Waals surface area contributed by atoms with Gasteiger partial charge in [0.15, 0.2) is 0 Å². The molecule has 0 aliphatic carbocycles. The average Bonchev–Trinajstić information content (AvgIpc) is 2.54. The quantitative estimate of drug-likeness (QED) is 0.795. The number of likely N-dealkylation sites (N-methyl/N-ethyl adjacent to an activating group) is 1. The van der Waals surface area contributed by atoms with Crippen molar-refractivity contribution in [2.75, 3.05) is 13.6 Å². The summed E-state index contributed by atoms with van der Waals surface area (Å²) in [7, 11) is -2.30. The molecule has 0 saturated carbocycles. The summed E-state index contributed by atoms with van der Waals surface area (Å²) in [5.41, 5.74) is 2.11. The zero-order valence-corrected chi connectivity index (χ0v) is 15.9. The second kappa shape index (κ2) is 7.92. The molecule has 7 heteroatoms. The van der Waals surface area contributed by atoms with Crippen LogP contribution in [-0.4, -0.2) is 32.2 Å². The highest BCUT2D eigenvalue weighted by atomic mass is 79.9. The Kier molecular flexibility index (Phi) is 6.15. The first kappa shape index (κ1) is 18.6. The van der Waals surface area contributed by atoms with Gasteiger partial charge in [-0.3, -0.25) is 4.79 Å². The van der Waals surface area contributed by atoms with Crippen molar-refractivity contribution in [2.45, 2.75) is 18.4 Å². The van der Waals surface area contributed by atoms with Crippen LogP contribution in [0.3, 0.4) is 0 Å². The van der Waals surface area contributed by atoms with Crippen molar-refractivity contribution in [3.63, 3.8) is 0 Å². The molecule has 24 heavy (non-hydrogen) atoms. The minimum absolute atomic E-state index is 0.152. The van der Waals surface area contributed by atoms with Crippen LogP contribution in [0.25, 0.3) is 0 Å². The van der Waals surface area contributed by atoms with Gasteiger partial charge in [-0.2, -0.15) is 4.31 Å². The van der Waals surface area contributed by atoms with Crippen LogP contribution >= 0.6 is 15.9 Å². The molecule has 0 bridgehead atoms. The van der Waals surface area contributed by atoms with Crippen molar-refractivity contribution >= 4 is 31.9 Å². The van der Waals surface area contributed by atoms with Crippen LogP contribution in [0, 0.1) is 6.92 Å². The maximum absolute atomic E-state index is 12.4. The summed E-state index contributed by atoms with van der Waals surface area (Å²) in [4.78, 5) is 12.2. The zero-order chi connectivity index (χ0) is 17.7. The third kappa shape index (κ3) is 4.90. The van der Waals surface area contributed by atoms with E-state index >= 15 is 0 Å². The minimum Gasteiger partial charge on any atom is -0.351 e. The standard InChI is InChI=1S/C17H19BrN2O3S/c1-13-3-5-14(6-4-13)11-19-17(21)12-20(2)24(22,23)16-9-7-15(18)8-10-16/h3-10H,11-12H2,1-2H3,(H,19,21). The molecule has 0 unspecified atom stereocenters. The van der Waals surface area contributed by atoms with Crippen molar-refractivity contribution in [3.8, 4) is 0 Å². The predicted octanol–water partition coefficient (Wildman–Crippen LogP) is 2.69. The fourth-order valence-electron chi connectivity index (χ4n) is 2.04. The molecule has 2 aromatic carbocycles. The molecule has 1 amide bonds. The van der Waals surface area contributed by atoms with Crippen LogP contribution in [0.1, 0.15) is 11.1 Å². The second-order valence-electron chi connectivity index (χ2n) is 5.48. The van der Waals surface area contributed by atoms with Crippen LogP contribution in [-0.2, 0) is 21.4 Å². The summed E-state index contributed by atoms with van der Waals surface area (Å²) in [6, 6.07) is 14.1. The number of hydrogen-bond donors (Lipinski definition) is 1. The number of halogens is 1. The van der Waals surface area contributed by atoms with Crippen molar-refractivity contribution in [1.82, 2.24) is 9.62 Å². The van der Waals surface area contributed by atoms with Crippen LogP contribution in [0.2, 0.25) is 0 Å². The molecule has 0 spiro atoms. The van der Waals surface area contributed by atoms with E-state index in [-0.39, 0.29) is 17.3 Å². The first-order chi connectivity index (χ1) is 11.3. The summed E-state index contributed by atoms with van der Waals surface area (Å²) in [6.45, 7) is 2.12.